The van der Waals surface area contributed by atoms with E-state index >= 15 is 0 Å². The van der Waals surface area contributed by atoms with Gasteiger partial charge in [-0.05, 0) is 49.4 Å². The molecule has 5 nitrogen and oxygen atoms in total. The molecule has 2 aliphatic carbocycles. The largest absolute Gasteiger partial charge is 0.423 e. The Hall–Kier alpha value is -2.76. The van der Waals surface area contributed by atoms with Crippen molar-refractivity contribution in [2.75, 3.05) is 0 Å². The Balaban J connectivity index is 1.51. The summed E-state index contributed by atoms with van der Waals surface area (Å²) in [5, 5.41) is 1.78. The average molecular weight is 478 g/mol. The number of carbonyl (C=O) groups is 1. The number of carbonyl (C=O) groups excluding carboxylic acids is 1. The first-order valence-electron chi connectivity index (χ1n) is 11.0. The highest BCUT2D eigenvalue weighted by atomic mass is 35.5. The zero-order valence-electron chi connectivity index (χ0n) is 18.4. The number of benzene rings is 2. The quantitative estimate of drug-likeness (QED) is 0.241. The lowest BCUT2D eigenvalue weighted by Gasteiger charge is -2.35. The molecule has 6 rings (SSSR count). The highest BCUT2D eigenvalue weighted by Gasteiger charge is 2.69. The van der Waals surface area contributed by atoms with Gasteiger partial charge >= 0.3 is 5.97 Å². The number of esters is 1. The third kappa shape index (κ3) is 2.72. The summed E-state index contributed by atoms with van der Waals surface area (Å²) in [6.45, 7) is 6.16. The van der Waals surface area contributed by atoms with Gasteiger partial charge in [-0.2, -0.15) is 0 Å². The van der Waals surface area contributed by atoms with Gasteiger partial charge in [0, 0.05) is 17.0 Å². The van der Waals surface area contributed by atoms with E-state index in [0.717, 1.165) is 23.2 Å². The average Bonchev–Trinajstić information content (AvgIpc) is 3.15. The van der Waals surface area contributed by atoms with E-state index in [-0.39, 0.29) is 11.9 Å². The number of hydrogen-bond donors (Lipinski definition) is 0. The van der Waals surface area contributed by atoms with E-state index in [2.05, 4.69) is 18.8 Å². The third-order valence-electron chi connectivity index (χ3n) is 7.62. The summed E-state index contributed by atoms with van der Waals surface area (Å²) < 4.78 is 6.12. The maximum absolute atomic E-state index is 14.0. The summed E-state index contributed by atoms with van der Waals surface area (Å²) in [6, 6.07) is 13.0. The fourth-order valence-electron chi connectivity index (χ4n) is 5.81. The third-order valence-corrected chi connectivity index (χ3v) is 8.34. The molecule has 1 fully saturated rings. The van der Waals surface area contributed by atoms with E-state index < -0.39 is 10.8 Å². The lowest BCUT2D eigenvalue weighted by molar-refractivity contribution is -0.144. The van der Waals surface area contributed by atoms with E-state index in [1.165, 1.54) is 0 Å². The number of fused-ring (bicyclic) bond motifs is 7. The number of rotatable bonds is 2. The lowest BCUT2D eigenvalue weighted by atomic mass is 9.68. The van der Waals surface area contributed by atoms with Crippen LogP contribution in [-0.2, 0) is 10.2 Å². The minimum absolute atomic E-state index is 0.110. The molecule has 166 valence electrons. The van der Waals surface area contributed by atoms with Crippen LogP contribution in [0.3, 0.4) is 0 Å². The smallest absolute Gasteiger partial charge is 0.324 e. The van der Waals surface area contributed by atoms with Crippen LogP contribution in [0.5, 0.6) is 5.75 Å². The van der Waals surface area contributed by atoms with Crippen LogP contribution in [0.15, 0.2) is 42.5 Å². The molecule has 2 bridgehead atoms. The summed E-state index contributed by atoms with van der Waals surface area (Å²) in [6.07, 6.45) is 1.51. The van der Waals surface area contributed by atoms with Crippen molar-refractivity contribution in [1.29, 1.82) is 0 Å². The number of hydrogen-bond acceptors (Lipinski definition) is 5. The molecule has 0 aliphatic heterocycles. The molecule has 0 amide bonds. The van der Waals surface area contributed by atoms with Crippen LogP contribution in [-0.4, -0.2) is 20.9 Å². The first-order valence-corrected chi connectivity index (χ1v) is 11.7. The van der Waals surface area contributed by atoms with E-state index in [0.29, 0.717) is 44.5 Å². The van der Waals surface area contributed by atoms with Gasteiger partial charge in [-0.3, -0.25) is 4.79 Å². The molecule has 0 N–H and O–H groups in total. The monoisotopic (exact) mass is 477 g/mol. The summed E-state index contributed by atoms with van der Waals surface area (Å²) >= 11 is 12.5. The molecule has 2 aliphatic rings. The summed E-state index contributed by atoms with van der Waals surface area (Å²) in [4.78, 5) is 28.4. The molecular weight excluding hydrogens is 457 g/mol. The number of para-hydroxylation sites is 1. The van der Waals surface area contributed by atoms with Crippen LogP contribution >= 0.6 is 23.2 Å². The van der Waals surface area contributed by atoms with Gasteiger partial charge in [-0.1, -0.05) is 55.2 Å². The molecule has 2 aromatic heterocycles. The maximum Gasteiger partial charge on any atom is 0.324 e. The molecule has 0 saturated heterocycles. The Bertz CT molecular complexity index is 1500. The Labute approximate surface area is 201 Å². The Morgan fingerprint density at radius 2 is 1.76 bits per heavy atom. The first kappa shape index (κ1) is 20.8. The molecule has 0 radical (unpaired) electrons. The number of nitrogens with zero attached hydrogens (tertiary/aromatic N) is 3. The van der Waals surface area contributed by atoms with Crippen molar-refractivity contribution in [3.05, 3.63) is 69.6 Å². The van der Waals surface area contributed by atoms with Crippen molar-refractivity contribution in [2.45, 2.75) is 44.9 Å². The molecule has 2 heterocycles. The molecule has 2 unspecified atom stereocenters. The normalized spacial score (nSPS) is 22.6. The van der Waals surface area contributed by atoms with Crippen molar-refractivity contribution < 1.29 is 9.53 Å². The zero-order valence-corrected chi connectivity index (χ0v) is 20.0. The summed E-state index contributed by atoms with van der Waals surface area (Å²) in [5.74, 6) is 0.268. The predicted octanol–water partition coefficient (Wildman–Crippen LogP) is 6.55. The van der Waals surface area contributed by atoms with E-state index in [1.807, 2.05) is 31.2 Å². The first-order chi connectivity index (χ1) is 15.7. The van der Waals surface area contributed by atoms with Gasteiger partial charge in [0.1, 0.15) is 10.9 Å². The molecule has 4 aromatic rings. The second-order valence-corrected chi connectivity index (χ2v) is 10.4. The second-order valence-electron chi connectivity index (χ2n) is 9.60. The van der Waals surface area contributed by atoms with Crippen LogP contribution in [0.25, 0.3) is 21.9 Å². The van der Waals surface area contributed by atoms with Gasteiger partial charge in [-0.15, -0.1) is 0 Å². The van der Waals surface area contributed by atoms with Gasteiger partial charge in [0.05, 0.1) is 32.5 Å². The van der Waals surface area contributed by atoms with Gasteiger partial charge < -0.3 is 4.74 Å². The van der Waals surface area contributed by atoms with Crippen LogP contribution in [0.1, 0.15) is 49.7 Å². The number of halogens is 2. The Morgan fingerprint density at radius 1 is 1.03 bits per heavy atom. The fraction of sp³-hybridized carbons (Fsp3) is 0.308. The van der Waals surface area contributed by atoms with Crippen LogP contribution in [0.2, 0.25) is 10.0 Å². The maximum atomic E-state index is 14.0. The van der Waals surface area contributed by atoms with Crippen molar-refractivity contribution >= 4 is 51.1 Å². The highest BCUT2D eigenvalue weighted by molar-refractivity contribution is 6.42. The Kier molecular flexibility index (Phi) is 4.34. The molecule has 33 heavy (non-hydrogen) atoms. The lowest BCUT2D eigenvalue weighted by Crippen LogP contribution is -2.46. The van der Waals surface area contributed by atoms with Crippen molar-refractivity contribution in [1.82, 2.24) is 15.0 Å². The Morgan fingerprint density at radius 3 is 2.52 bits per heavy atom. The molecule has 1 saturated carbocycles. The standard InChI is InChI=1S/C26H21Cl2N3O2/c1-13-7-8-14-5-4-6-20(21(14)29-13)33-24(32)26-10-9-15(25(26,2)3)22-23(26)31-19-12-17(28)16(27)11-18(19)30-22/h4-8,11-12,15H,9-10H2,1-3H3. The number of aromatic nitrogens is 3. The van der Waals surface area contributed by atoms with Gasteiger partial charge in [0.15, 0.2) is 5.75 Å². The van der Waals surface area contributed by atoms with Gasteiger partial charge in [0.25, 0.3) is 0 Å². The number of aryl methyl sites for hydroxylation is 1. The van der Waals surface area contributed by atoms with Crippen LogP contribution in [0, 0.1) is 12.3 Å². The predicted molar refractivity (Wildman–Crippen MR) is 129 cm³/mol. The van der Waals surface area contributed by atoms with E-state index in [4.69, 9.17) is 37.9 Å². The molecule has 2 aromatic carbocycles. The van der Waals surface area contributed by atoms with E-state index in [1.54, 1.807) is 18.2 Å². The van der Waals surface area contributed by atoms with E-state index in [9.17, 15) is 4.79 Å². The van der Waals surface area contributed by atoms with Crippen molar-refractivity contribution in [2.24, 2.45) is 5.41 Å². The minimum atomic E-state index is -0.897. The van der Waals surface area contributed by atoms with Gasteiger partial charge in [-0.25, -0.2) is 15.0 Å². The van der Waals surface area contributed by atoms with Gasteiger partial charge in [0.2, 0.25) is 0 Å². The number of ether oxygens (including phenoxy) is 1. The molecular formula is C26H21Cl2N3O2. The topological polar surface area (TPSA) is 65.0 Å². The fourth-order valence-corrected chi connectivity index (χ4v) is 6.13. The second kappa shape index (κ2) is 6.87. The minimum Gasteiger partial charge on any atom is -0.423 e. The number of pyridine rings is 1. The summed E-state index contributed by atoms with van der Waals surface area (Å²) in [7, 11) is 0. The molecule has 0 spiro atoms. The van der Waals surface area contributed by atoms with Crippen molar-refractivity contribution in [3.63, 3.8) is 0 Å². The molecule has 2 atom stereocenters. The van der Waals surface area contributed by atoms with Crippen molar-refractivity contribution in [3.8, 4) is 5.75 Å². The van der Waals surface area contributed by atoms with Crippen LogP contribution in [0.4, 0.5) is 0 Å². The van der Waals surface area contributed by atoms with Crippen LogP contribution < -0.4 is 4.74 Å². The molecule has 7 heteroatoms. The SMILES string of the molecule is Cc1ccc2cccc(OC(=O)C34CCC(c5nc6cc(Cl)c(Cl)cc6nc53)C4(C)C)c2n1. The zero-order chi connectivity index (χ0) is 23.1. The summed E-state index contributed by atoms with van der Waals surface area (Å²) in [5.41, 5.74) is 3.12. The highest BCUT2D eigenvalue weighted by Crippen LogP contribution is 2.67.